The number of halogens is 3. The first-order valence-corrected chi connectivity index (χ1v) is 9.66. The van der Waals surface area contributed by atoms with Gasteiger partial charge in [-0.15, -0.1) is 11.8 Å². The van der Waals surface area contributed by atoms with E-state index < -0.39 is 35.3 Å². The summed E-state index contributed by atoms with van der Waals surface area (Å²) in [6.07, 6.45) is -4.49. The maximum Gasteiger partial charge on any atom is 0.405 e. The third-order valence-electron chi connectivity index (χ3n) is 4.12. The number of amides is 2. The van der Waals surface area contributed by atoms with Crippen LogP contribution in [0.3, 0.4) is 0 Å². The minimum absolute atomic E-state index is 0.107. The van der Waals surface area contributed by atoms with Gasteiger partial charge in [-0.2, -0.15) is 13.2 Å². The second-order valence-electron chi connectivity index (χ2n) is 6.27. The number of para-hydroxylation sites is 1. The van der Waals surface area contributed by atoms with E-state index in [1.165, 1.54) is 11.6 Å². The van der Waals surface area contributed by atoms with Gasteiger partial charge in [-0.25, -0.2) is 4.68 Å². The van der Waals surface area contributed by atoms with E-state index in [4.69, 9.17) is 0 Å². The van der Waals surface area contributed by atoms with Crippen LogP contribution < -0.4 is 16.2 Å². The first-order valence-electron chi connectivity index (χ1n) is 8.61. The van der Waals surface area contributed by atoms with Gasteiger partial charge in [-0.05, 0) is 26.0 Å². The molecular formula is C18H21F3N4O3S. The summed E-state index contributed by atoms with van der Waals surface area (Å²) in [7, 11) is 1.68. The van der Waals surface area contributed by atoms with E-state index >= 15 is 0 Å². The van der Waals surface area contributed by atoms with Gasteiger partial charge >= 0.3 is 6.18 Å². The van der Waals surface area contributed by atoms with E-state index in [9.17, 15) is 27.6 Å². The number of aromatic nitrogens is 2. The molecule has 0 saturated heterocycles. The Morgan fingerprint density at radius 1 is 1.21 bits per heavy atom. The van der Waals surface area contributed by atoms with E-state index in [0.717, 1.165) is 11.8 Å². The zero-order valence-electron chi connectivity index (χ0n) is 16.0. The fourth-order valence-electron chi connectivity index (χ4n) is 2.46. The van der Waals surface area contributed by atoms with Crippen molar-refractivity contribution in [3.8, 4) is 5.69 Å². The number of carbonyl (C=O) groups excluding carboxylic acids is 2. The Hall–Kier alpha value is -2.69. The lowest BCUT2D eigenvalue weighted by atomic mass is 10.3. The van der Waals surface area contributed by atoms with E-state index in [1.807, 2.05) is 6.07 Å². The average Bonchev–Trinajstić information content (AvgIpc) is 2.87. The zero-order chi connectivity index (χ0) is 21.8. The molecule has 0 aliphatic carbocycles. The molecule has 1 aromatic carbocycles. The summed E-state index contributed by atoms with van der Waals surface area (Å²) in [5.41, 5.74) is 0.861. The van der Waals surface area contributed by atoms with Crippen molar-refractivity contribution >= 4 is 29.3 Å². The van der Waals surface area contributed by atoms with Gasteiger partial charge in [0, 0.05) is 7.05 Å². The molecule has 0 fully saturated rings. The van der Waals surface area contributed by atoms with Gasteiger partial charge in [0.15, 0.2) is 0 Å². The highest BCUT2D eigenvalue weighted by Gasteiger charge is 2.28. The second-order valence-corrected chi connectivity index (χ2v) is 7.60. The molecule has 1 heterocycles. The van der Waals surface area contributed by atoms with Crippen molar-refractivity contribution in [1.29, 1.82) is 0 Å². The van der Waals surface area contributed by atoms with Crippen LogP contribution in [0.5, 0.6) is 0 Å². The molecule has 7 nitrogen and oxygen atoms in total. The zero-order valence-corrected chi connectivity index (χ0v) is 16.9. The van der Waals surface area contributed by atoms with E-state index in [2.05, 4.69) is 5.32 Å². The molecule has 0 aliphatic heterocycles. The number of nitrogens with zero attached hydrogens (tertiary/aromatic N) is 2. The smallest absolute Gasteiger partial charge is 0.346 e. The minimum Gasteiger partial charge on any atom is -0.346 e. The first kappa shape index (κ1) is 22.6. The Balaban J connectivity index is 2.04. The van der Waals surface area contributed by atoms with Gasteiger partial charge in [0.2, 0.25) is 11.8 Å². The van der Waals surface area contributed by atoms with Crippen LogP contribution in [0.15, 0.2) is 35.1 Å². The summed E-state index contributed by atoms with van der Waals surface area (Å²) in [4.78, 5) is 36.6. The van der Waals surface area contributed by atoms with Gasteiger partial charge in [-0.1, -0.05) is 18.2 Å². The summed E-state index contributed by atoms with van der Waals surface area (Å²) in [6, 6.07) is 8.89. The molecule has 0 bridgehead atoms. The first-order chi connectivity index (χ1) is 13.5. The SMILES string of the molecule is Cc1c(NC(=O)C(C)SCC(=O)NCC(F)(F)F)c(=O)n(-c2ccccc2)n1C. The number of thioether (sulfide) groups is 1. The van der Waals surface area contributed by atoms with Crippen LogP contribution in [0.25, 0.3) is 5.69 Å². The third kappa shape index (κ3) is 5.89. The summed E-state index contributed by atoms with van der Waals surface area (Å²) in [6.45, 7) is 1.76. The van der Waals surface area contributed by atoms with Crippen LogP contribution in [-0.4, -0.2) is 44.9 Å². The molecule has 1 aromatic heterocycles. The number of rotatable bonds is 7. The molecule has 158 valence electrons. The molecular weight excluding hydrogens is 409 g/mol. The highest BCUT2D eigenvalue weighted by atomic mass is 32.2. The van der Waals surface area contributed by atoms with Crippen LogP contribution >= 0.6 is 11.8 Å². The summed E-state index contributed by atoms with van der Waals surface area (Å²) in [5, 5.41) is 3.55. The fourth-order valence-corrected chi connectivity index (χ4v) is 3.18. The predicted octanol–water partition coefficient (Wildman–Crippen LogP) is 2.22. The average molecular weight is 430 g/mol. The van der Waals surface area contributed by atoms with Crippen LogP contribution in [0.2, 0.25) is 0 Å². The predicted molar refractivity (Wildman–Crippen MR) is 105 cm³/mol. The normalized spacial score (nSPS) is 12.5. The van der Waals surface area contributed by atoms with Crippen LogP contribution in [0, 0.1) is 6.92 Å². The molecule has 0 spiro atoms. The fraction of sp³-hybridized carbons (Fsp3) is 0.389. The Kier molecular flexibility index (Phi) is 7.17. The molecule has 2 rings (SSSR count). The van der Waals surface area contributed by atoms with Crippen molar-refractivity contribution < 1.29 is 22.8 Å². The number of hydrogen-bond acceptors (Lipinski definition) is 4. The van der Waals surface area contributed by atoms with Crippen molar-refractivity contribution in [1.82, 2.24) is 14.7 Å². The number of alkyl halides is 3. The summed E-state index contributed by atoms with van der Waals surface area (Å²) < 4.78 is 39.3. The second kappa shape index (κ2) is 9.21. The molecule has 11 heteroatoms. The molecule has 0 radical (unpaired) electrons. The molecule has 0 aliphatic rings. The lowest BCUT2D eigenvalue weighted by molar-refractivity contribution is -0.136. The Labute approximate surface area is 169 Å². The Morgan fingerprint density at radius 2 is 1.83 bits per heavy atom. The van der Waals surface area contributed by atoms with Crippen molar-refractivity contribution in [2.45, 2.75) is 25.3 Å². The molecule has 2 aromatic rings. The molecule has 0 saturated carbocycles. The van der Waals surface area contributed by atoms with Gasteiger partial charge in [0.1, 0.15) is 12.2 Å². The van der Waals surface area contributed by atoms with Crippen molar-refractivity contribution in [3.05, 3.63) is 46.4 Å². The molecule has 2 N–H and O–H groups in total. The lowest BCUT2D eigenvalue weighted by Gasteiger charge is -2.12. The third-order valence-corrected chi connectivity index (χ3v) is 5.27. The standard InChI is InChI=1S/C18H21F3N4O3S/c1-11-15(17(28)25(24(11)3)13-7-5-4-6-8-13)23-16(27)12(2)29-9-14(26)22-10-18(19,20)21/h4-8,12H,9-10H2,1-3H3,(H,22,26)(H,23,27). The number of nitrogens with one attached hydrogen (secondary N) is 2. The molecule has 2 amide bonds. The molecule has 29 heavy (non-hydrogen) atoms. The number of benzene rings is 1. The quantitative estimate of drug-likeness (QED) is 0.706. The van der Waals surface area contributed by atoms with Crippen molar-refractivity contribution in [3.63, 3.8) is 0 Å². The van der Waals surface area contributed by atoms with Crippen molar-refractivity contribution in [2.75, 3.05) is 17.6 Å². The summed E-state index contributed by atoms with van der Waals surface area (Å²) >= 11 is 0.874. The molecule has 1 unspecified atom stereocenters. The van der Waals surface area contributed by atoms with Crippen LogP contribution in [0.4, 0.5) is 18.9 Å². The van der Waals surface area contributed by atoms with Crippen LogP contribution in [-0.2, 0) is 16.6 Å². The maximum atomic E-state index is 12.8. The Bertz CT molecular complexity index is 938. The summed E-state index contributed by atoms with van der Waals surface area (Å²) in [5.74, 6) is -1.66. The van der Waals surface area contributed by atoms with E-state index in [1.54, 1.807) is 48.2 Å². The number of hydrogen-bond donors (Lipinski definition) is 2. The maximum absolute atomic E-state index is 12.8. The van der Waals surface area contributed by atoms with E-state index in [0.29, 0.717) is 11.4 Å². The minimum atomic E-state index is -4.49. The van der Waals surface area contributed by atoms with Crippen molar-refractivity contribution in [2.24, 2.45) is 7.05 Å². The van der Waals surface area contributed by atoms with Gasteiger partial charge in [-0.3, -0.25) is 19.1 Å². The number of anilines is 1. The number of carbonyl (C=O) groups is 2. The highest BCUT2D eigenvalue weighted by molar-refractivity contribution is 8.01. The highest BCUT2D eigenvalue weighted by Crippen LogP contribution is 2.17. The monoisotopic (exact) mass is 430 g/mol. The van der Waals surface area contributed by atoms with Gasteiger partial charge < -0.3 is 10.6 Å². The molecule has 1 atom stereocenters. The largest absolute Gasteiger partial charge is 0.405 e. The van der Waals surface area contributed by atoms with Gasteiger partial charge in [0.25, 0.3) is 5.56 Å². The Morgan fingerprint density at radius 3 is 2.41 bits per heavy atom. The van der Waals surface area contributed by atoms with Crippen LogP contribution in [0.1, 0.15) is 12.6 Å². The van der Waals surface area contributed by atoms with Gasteiger partial charge in [0.05, 0.1) is 22.4 Å². The topological polar surface area (TPSA) is 85.1 Å². The lowest BCUT2D eigenvalue weighted by Crippen LogP contribution is -2.35. The van der Waals surface area contributed by atoms with E-state index in [-0.39, 0.29) is 11.4 Å².